The molecule has 0 saturated carbocycles. The predicted octanol–water partition coefficient (Wildman–Crippen LogP) is 5.51. The number of hydrogen-bond donors (Lipinski definition) is 0. The van der Waals surface area contributed by atoms with Crippen LogP contribution in [0.3, 0.4) is 0 Å². The molecule has 3 nitrogen and oxygen atoms in total. The average molecular weight is 344 g/mol. The minimum atomic E-state index is -0.353. The molecule has 0 bridgehead atoms. The lowest BCUT2D eigenvalue weighted by atomic mass is 10.1. The van der Waals surface area contributed by atoms with Gasteiger partial charge < -0.3 is 4.74 Å². The maximum atomic E-state index is 12.0. The van der Waals surface area contributed by atoms with Crippen molar-refractivity contribution in [2.75, 3.05) is 6.61 Å². The van der Waals surface area contributed by atoms with Gasteiger partial charge in [0.1, 0.15) is 5.01 Å². The third-order valence-electron chi connectivity index (χ3n) is 3.07. The number of halogens is 1. The van der Waals surface area contributed by atoms with Gasteiger partial charge >= 0.3 is 5.97 Å². The molecule has 6 heteroatoms. The van der Waals surface area contributed by atoms with E-state index in [1.807, 2.05) is 11.4 Å². The van der Waals surface area contributed by atoms with Crippen molar-refractivity contribution in [3.05, 3.63) is 27.5 Å². The van der Waals surface area contributed by atoms with Crippen LogP contribution in [0, 0.1) is 5.92 Å². The summed E-state index contributed by atoms with van der Waals surface area (Å²) in [4.78, 5) is 17.2. The van der Waals surface area contributed by atoms with Crippen molar-refractivity contribution in [1.29, 1.82) is 0 Å². The molecule has 0 aliphatic heterocycles. The van der Waals surface area contributed by atoms with Crippen molar-refractivity contribution in [2.24, 2.45) is 5.92 Å². The smallest absolute Gasteiger partial charge is 0.357 e. The van der Waals surface area contributed by atoms with Crippen LogP contribution in [0.5, 0.6) is 0 Å². The fourth-order valence-electron chi connectivity index (χ4n) is 1.85. The first-order chi connectivity index (χ1) is 10.1. The average Bonchev–Trinajstić information content (AvgIpc) is 3.10. The summed E-state index contributed by atoms with van der Waals surface area (Å²) in [5.74, 6) is 0.0345. The van der Waals surface area contributed by atoms with Crippen LogP contribution >= 0.6 is 34.3 Å². The second-order valence-corrected chi connectivity index (χ2v) is 7.16. The van der Waals surface area contributed by atoms with Crippen LogP contribution in [0.4, 0.5) is 0 Å². The van der Waals surface area contributed by atoms with Gasteiger partial charge in [-0.25, -0.2) is 9.78 Å². The molecule has 0 radical (unpaired) electrons. The first-order valence-corrected chi connectivity index (χ1v) is 9.11. The first-order valence-electron chi connectivity index (χ1n) is 6.97. The fraction of sp³-hybridized carbons (Fsp3) is 0.467. The minimum Gasteiger partial charge on any atom is -0.461 e. The molecule has 21 heavy (non-hydrogen) atoms. The molecule has 1 atom stereocenters. The number of hydrogen-bond acceptors (Lipinski definition) is 5. The van der Waals surface area contributed by atoms with Gasteiger partial charge in [-0.1, -0.05) is 38.3 Å². The van der Waals surface area contributed by atoms with Crippen LogP contribution in [-0.4, -0.2) is 17.6 Å². The Labute approximate surface area is 137 Å². The van der Waals surface area contributed by atoms with Gasteiger partial charge in [0.25, 0.3) is 0 Å². The van der Waals surface area contributed by atoms with E-state index in [-0.39, 0.29) is 5.97 Å². The zero-order valence-electron chi connectivity index (χ0n) is 12.1. The number of rotatable bonds is 7. The topological polar surface area (TPSA) is 39.2 Å². The van der Waals surface area contributed by atoms with E-state index in [0.29, 0.717) is 23.2 Å². The Balaban J connectivity index is 1.92. The summed E-state index contributed by atoms with van der Waals surface area (Å²) in [6.07, 6.45) is 3.41. The number of nitrogens with zero attached hydrogens (tertiary/aromatic N) is 1. The molecule has 0 aromatic carbocycles. The molecule has 2 aromatic rings. The maximum absolute atomic E-state index is 12.0. The van der Waals surface area contributed by atoms with E-state index < -0.39 is 0 Å². The Bertz CT molecular complexity index is 594. The second kappa shape index (κ2) is 7.92. The highest BCUT2D eigenvalue weighted by molar-refractivity contribution is 7.20. The van der Waals surface area contributed by atoms with Crippen molar-refractivity contribution in [2.45, 2.75) is 33.1 Å². The Morgan fingerprint density at radius 1 is 1.48 bits per heavy atom. The van der Waals surface area contributed by atoms with Gasteiger partial charge in [0.05, 0.1) is 16.5 Å². The standard InChI is InChI=1S/C15H18ClNO2S2/c1-3-4-5-10(2)8-19-15(18)12-9-21-14(17-12)13-11(16)6-7-20-13/h6-7,9-10H,3-5,8H2,1-2H3. The Morgan fingerprint density at radius 2 is 2.29 bits per heavy atom. The van der Waals surface area contributed by atoms with Crippen molar-refractivity contribution < 1.29 is 9.53 Å². The molecule has 0 aliphatic rings. The van der Waals surface area contributed by atoms with Gasteiger partial charge in [-0.3, -0.25) is 0 Å². The quantitative estimate of drug-likeness (QED) is 0.622. The van der Waals surface area contributed by atoms with Crippen LogP contribution in [0.25, 0.3) is 9.88 Å². The third kappa shape index (κ3) is 4.53. The molecule has 114 valence electrons. The van der Waals surface area contributed by atoms with Crippen LogP contribution < -0.4 is 0 Å². The molecule has 0 aliphatic carbocycles. The zero-order valence-corrected chi connectivity index (χ0v) is 14.5. The zero-order chi connectivity index (χ0) is 15.2. The molecule has 0 fully saturated rings. The molecule has 2 heterocycles. The highest BCUT2D eigenvalue weighted by Gasteiger charge is 2.16. The number of esters is 1. The highest BCUT2D eigenvalue weighted by atomic mass is 35.5. The molecule has 0 spiro atoms. The van der Waals surface area contributed by atoms with E-state index in [9.17, 15) is 4.79 Å². The summed E-state index contributed by atoms with van der Waals surface area (Å²) >= 11 is 9.01. The molecule has 2 aromatic heterocycles. The summed E-state index contributed by atoms with van der Waals surface area (Å²) in [5.41, 5.74) is 0.363. The van der Waals surface area contributed by atoms with Crippen LogP contribution in [0.15, 0.2) is 16.8 Å². The van der Waals surface area contributed by atoms with E-state index in [0.717, 1.165) is 29.1 Å². The lowest BCUT2D eigenvalue weighted by Gasteiger charge is -2.10. The van der Waals surface area contributed by atoms with Gasteiger partial charge in [0, 0.05) is 5.38 Å². The summed E-state index contributed by atoms with van der Waals surface area (Å²) < 4.78 is 5.32. The molecular formula is C15H18ClNO2S2. The number of aromatic nitrogens is 1. The maximum Gasteiger partial charge on any atom is 0.357 e. The Kier molecular flexibility index (Phi) is 6.21. The summed E-state index contributed by atoms with van der Waals surface area (Å²) in [6, 6.07) is 1.83. The minimum absolute atomic E-state index is 0.353. The van der Waals surface area contributed by atoms with Crippen molar-refractivity contribution >= 4 is 40.2 Å². The van der Waals surface area contributed by atoms with E-state index in [4.69, 9.17) is 16.3 Å². The lowest BCUT2D eigenvalue weighted by Crippen LogP contribution is -2.12. The molecule has 0 saturated heterocycles. The third-order valence-corrected chi connectivity index (χ3v) is 5.41. The van der Waals surface area contributed by atoms with E-state index in [2.05, 4.69) is 18.8 Å². The summed E-state index contributed by atoms with van der Waals surface area (Å²) in [5, 5.41) is 5.07. The summed E-state index contributed by atoms with van der Waals surface area (Å²) in [6.45, 7) is 4.71. The molecule has 0 N–H and O–H groups in total. The normalized spacial score (nSPS) is 12.3. The molecular weight excluding hydrogens is 326 g/mol. The van der Waals surface area contributed by atoms with E-state index in [1.165, 1.54) is 22.7 Å². The summed E-state index contributed by atoms with van der Waals surface area (Å²) in [7, 11) is 0. The Hall–Kier alpha value is -0.910. The SMILES string of the molecule is CCCCC(C)COC(=O)c1csc(-c2sccc2Cl)n1. The van der Waals surface area contributed by atoms with Crippen molar-refractivity contribution in [3.8, 4) is 9.88 Å². The number of ether oxygens (including phenoxy) is 1. The second-order valence-electron chi connectivity index (χ2n) is 4.98. The number of thiazole rings is 1. The lowest BCUT2D eigenvalue weighted by molar-refractivity contribution is 0.0437. The number of unbranched alkanes of at least 4 members (excludes halogenated alkanes) is 1. The fourth-order valence-corrected chi connectivity index (χ4v) is 3.96. The van der Waals surface area contributed by atoms with Gasteiger partial charge in [0.15, 0.2) is 5.69 Å². The van der Waals surface area contributed by atoms with Crippen LogP contribution in [0.1, 0.15) is 43.6 Å². The molecule has 2 rings (SSSR count). The Morgan fingerprint density at radius 3 is 2.95 bits per heavy atom. The predicted molar refractivity (Wildman–Crippen MR) is 89.4 cm³/mol. The monoisotopic (exact) mass is 343 g/mol. The number of carbonyl (C=O) groups is 1. The van der Waals surface area contributed by atoms with Gasteiger partial charge in [-0.2, -0.15) is 0 Å². The first kappa shape index (κ1) is 16.5. The number of thiophene rings is 1. The molecule has 0 amide bonds. The van der Waals surface area contributed by atoms with Gasteiger partial charge in [0.2, 0.25) is 0 Å². The van der Waals surface area contributed by atoms with Gasteiger partial charge in [-0.15, -0.1) is 22.7 Å². The van der Waals surface area contributed by atoms with Crippen molar-refractivity contribution in [3.63, 3.8) is 0 Å². The van der Waals surface area contributed by atoms with Crippen LogP contribution in [-0.2, 0) is 4.74 Å². The molecule has 1 unspecified atom stereocenters. The number of carbonyl (C=O) groups excluding carboxylic acids is 1. The van der Waals surface area contributed by atoms with Crippen LogP contribution in [0.2, 0.25) is 5.02 Å². The largest absolute Gasteiger partial charge is 0.461 e. The highest BCUT2D eigenvalue weighted by Crippen LogP contribution is 2.35. The van der Waals surface area contributed by atoms with Gasteiger partial charge in [-0.05, 0) is 23.8 Å². The van der Waals surface area contributed by atoms with E-state index in [1.54, 1.807) is 5.38 Å². The van der Waals surface area contributed by atoms with E-state index >= 15 is 0 Å². The van der Waals surface area contributed by atoms with Crippen molar-refractivity contribution in [1.82, 2.24) is 4.98 Å².